The van der Waals surface area contributed by atoms with Crippen molar-refractivity contribution in [3.05, 3.63) is 60.6 Å². The number of carbonyl (C=O) groups is 1. The molecule has 0 saturated carbocycles. The highest BCUT2D eigenvalue weighted by Gasteiger charge is 2.36. The van der Waals surface area contributed by atoms with Crippen molar-refractivity contribution in [1.82, 2.24) is 0 Å². The minimum atomic E-state index is -0.601. The molecule has 36 heavy (non-hydrogen) atoms. The topological polar surface area (TPSA) is 38.8 Å². The Labute approximate surface area is 220 Å². The number of nitrogens with zero attached hydrogens (tertiary/aromatic N) is 1. The smallest absolute Gasteiger partial charge is 0.334 e. The van der Waals surface area contributed by atoms with E-state index in [1.54, 1.807) is 44.7 Å². The van der Waals surface area contributed by atoms with Gasteiger partial charge in [0.1, 0.15) is 5.60 Å². The van der Waals surface area contributed by atoms with Crippen LogP contribution in [0, 0.1) is 11.2 Å². The number of anilines is 2. The van der Waals surface area contributed by atoms with Gasteiger partial charge in [-0.2, -0.15) is 0 Å². The van der Waals surface area contributed by atoms with Gasteiger partial charge in [0.25, 0.3) is 0 Å². The van der Waals surface area contributed by atoms with E-state index in [9.17, 15) is 4.79 Å². The van der Waals surface area contributed by atoms with Gasteiger partial charge < -0.3 is 14.4 Å². The molecule has 0 saturated heterocycles. The Morgan fingerprint density at radius 2 is 1.78 bits per heavy atom. The van der Waals surface area contributed by atoms with Crippen LogP contribution >= 0.6 is 11.8 Å². The molecule has 0 unspecified atom stereocenters. The van der Waals surface area contributed by atoms with E-state index in [4.69, 9.17) is 9.47 Å². The molecule has 0 atom stereocenters. The van der Waals surface area contributed by atoms with Gasteiger partial charge in [0.05, 0.1) is 18.0 Å². The third-order valence-electron chi connectivity index (χ3n) is 6.33. The Balaban J connectivity index is 1.94. The van der Waals surface area contributed by atoms with Crippen molar-refractivity contribution >= 4 is 29.1 Å². The average Bonchev–Trinajstić information content (AvgIpc) is 2.98. The molecule has 2 aromatic rings. The van der Waals surface area contributed by atoms with E-state index in [0.29, 0.717) is 0 Å². The predicted molar refractivity (Wildman–Crippen MR) is 148 cm³/mol. The lowest BCUT2D eigenvalue weighted by atomic mass is 9.79. The fourth-order valence-corrected chi connectivity index (χ4v) is 5.86. The Bertz CT molecular complexity index is 1020. The van der Waals surface area contributed by atoms with E-state index in [0.717, 1.165) is 54.3 Å². The second kappa shape index (κ2) is 12.7. The lowest BCUT2D eigenvalue weighted by molar-refractivity contribution is -0.148. The van der Waals surface area contributed by atoms with Crippen LogP contribution in [0.4, 0.5) is 15.8 Å². The Hall–Kier alpha value is -2.47. The molecule has 0 aromatic heterocycles. The van der Waals surface area contributed by atoms with Gasteiger partial charge >= 0.3 is 5.97 Å². The first-order chi connectivity index (χ1) is 17.2. The molecule has 196 valence electrons. The molecule has 0 fully saturated rings. The maximum atomic E-state index is 15.3. The van der Waals surface area contributed by atoms with Gasteiger partial charge in [0, 0.05) is 28.9 Å². The highest BCUT2D eigenvalue weighted by Crippen LogP contribution is 2.48. The van der Waals surface area contributed by atoms with Crippen LogP contribution in [0.5, 0.6) is 5.75 Å². The maximum Gasteiger partial charge on any atom is 0.334 e. The van der Waals surface area contributed by atoms with Gasteiger partial charge in [-0.3, -0.25) is 0 Å². The third-order valence-corrected chi connectivity index (χ3v) is 7.72. The van der Waals surface area contributed by atoms with Crippen LogP contribution in [0.15, 0.2) is 59.7 Å². The van der Waals surface area contributed by atoms with E-state index < -0.39 is 17.4 Å². The van der Waals surface area contributed by atoms with Gasteiger partial charge in [-0.25, -0.2) is 9.18 Å². The average molecular weight is 514 g/mol. The van der Waals surface area contributed by atoms with E-state index in [2.05, 4.69) is 30.9 Å². The summed E-state index contributed by atoms with van der Waals surface area (Å²) in [6, 6.07) is 13.6. The first-order valence-electron chi connectivity index (χ1n) is 13.0. The summed E-state index contributed by atoms with van der Waals surface area (Å²) in [6.07, 6.45) is 9.36. The summed E-state index contributed by atoms with van der Waals surface area (Å²) in [7, 11) is 0. The molecular formula is C30H40FNO3S. The Kier molecular flexibility index (Phi) is 9.89. The molecule has 1 aliphatic heterocycles. The Morgan fingerprint density at radius 3 is 2.39 bits per heavy atom. The molecule has 0 bridgehead atoms. The number of carbonyl (C=O) groups excluding carboxylic acids is 1. The summed E-state index contributed by atoms with van der Waals surface area (Å²) < 4.78 is 26.1. The summed E-state index contributed by atoms with van der Waals surface area (Å²) in [5.74, 6) is 0.0867. The number of para-hydroxylation sites is 1. The van der Waals surface area contributed by atoms with Gasteiger partial charge in [-0.1, -0.05) is 57.7 Å². The summed E-state index contributed by atoms with van der Waals surface area (Å²) >= 11 is 1.78. The molecular weight excluding hydrogens is 473 g/mol. The summed E-state index contributed by atoms with van der Waals surface area (Å²) in [6.45, 7) is 10.7. The van der Waals surface area contributed by atoms with Crippen molar-refractivity contribution in [3.8, 4) is 5.75 Å². The van der Waals surface area contributed by atoms with Crippen LogP contribution in [0.1, 0.15) is 73.1 Å². The summed E-state index contributed by atoms with van der Waals surface area (Å²) in [4.78, 5) is 15.2. The standard InChI is InChI=1S/C30H40FNO3S/c1-6-8-16-30(17-9-7-2)21-32(23-13-11-10-12-14-23)25-19-24(31)26(20-27(25)36-22-30)34-18-15-28(33)35-29(3,4)5/h10-15,18-20H,6-9,16-17,21-22H2,1-5H3/b18-15+. The molecule has 4 nitrogen and oxygen atoms in total. The van der Waals surface area contributed by atoms with Crippen molar-refractivity contribution in [1.29, 1.82) is 0 Å². The van der Waals surface area contributed by atoms with Crippen molar-refractivity contribution in [2.75, 3.05) is 17.2 Å². The van der Waals surface area contributed by atoms with Crippen LogP contribution in [-0.4, -0.2) is 23.9 Å². The van der Waals surface area contributed by atoms with E-state index in [1.165, 1.54) is 25.2 Å². The first kappa shape index (κ1) is 28.1. The number of unbranched alkanes of at least 4 members (excludes halogenated alkanes) is 2. The zero-order valence-corrected chi connectivity index (χ0v) is 23.1. The summed E-state index contributed by atoms with van der Waals surface area (Å²) in [5.41, 5.74) is 1.47. The molecule has 1 aliphatic rings. The fourth-order valence-electron chi connectivity index (χ4n) is 4.51. The van der Waals surface area contributed by atoms with Crippen LogP contribution < -0.4 is 9.64 Å². The number of halogens is 1. The number of thioether (sulfide) groups is 1. The molecule has 0 amide bonds. The third kappa shape index (κ3) is 7.76. The van der Waals surface area contributed by atoms with Crippen molar-refractivity contribution in [2.45, 2.75) is 83.6 Å². The highest BCUT2D eigenvalue weighted by molar-refractivity contribution is 7.99. The lowest BCUT2D eigenvalue weighted by Crippen LogP contribution is -2.36. The minimum absolute atomic E-state index is 0.101. The van der Waals surface area contributed by atoms with Gasteiger partial charge in [0.2, 0.25) is 0 Å². The zero-order chi connectivity index (χ0) is 26.2. The Morgan fingerprint density at radius 1 is 1.11 bits per heavy atom. The van der Waals surface area contributed by atoms with E-state index in [1.807, 2.05) is 18.2 Å². The zero-order valence-electron chi connectivity index (χ0n) is 22.3. The second-order valence-corrected chi connectivity index (χ2v) is 11.6. The van der Waals surface area contributed by atoms with Crippen LogP contribution in [-0.2, 0) is 9.53 Å². The number of hydrogen-bond donors (Lipinski definition) is 0. The number of hydrogen-bond acceptors (Lipinski definition) is 5. The fraction of sp³-hybridized carbons (Fsp3) is 0.500. The van der Waals surface area contributed by atoms with Gasteiger partial charge in [-0.15, -0.1) is 11.8 Å². The van der Waals surface area contributed by atoms with Crippen molar-refractivity contribution in [2.24, 2.45) is 5.41 Å². The monoisotopic (exact) mass is 513 g/mol. The molecule has 0 radical (unpaired) electrons. The van der Waals surface area contributed by atoms with Gasteiger partial charge in [0.15, 0.2) is 11.6 Å². The predicted octanol–water partition coefficient (Wildman–Crippen LogP) is 8.67. The minimum Gasteiger partial charge on any atom is -0.462 e. The number of ether oxygens (including phenoxy) is 2. The van der Waals surface area contributed by atoms with Crippen LogP contribution in [0.3, 0.4) is 0 Å². The first-order valence-corrected chi connectivity index (χ1v) is 14.0. The molecule has 6 heteroatoms. The van der Waals surface area contributed by atoms with E-state index in [-0.39, 0.29) is 11.2 Å². The molecule has 1 heterocycles. The van der Waals surface area contributed by atoms with E-state index >= 15 is 4.39 Å². The van der Waals surface area contributed by atoms with Crippen molar-refractivity contribution < 1.29 is 18.7 Å². The normalized spacial score (nSPS) is 15.4. The lowest BCUT2D eigenvalue weighted by Gasteiger charge is -2.37. The molecule has 0 aliphatic carbocycles. The van der Waals surface area contributed by atoms with Crippen LogP contribution in [0.2, 0.25) is 0 Å². The maximum absolute atomic E-state index is 15.3. The number of esters is 1. The molecule has 0 spiro atoms. The summed E-state index contributed by atoms with van der Waals surface area (Å²) in [5, 5.41) is 0. The quantitative estimate of drug-likeness (QED) is 0.180. The van der Waals surface area contributed by atoms with Crippen LogP contribution in [0.25, 0.3) is 0 Å². The molecule has 3 rings (SSSR count). The molecule has 2 aromatic carbocycles. The molecule has 0 N–H and O–H groups in total. The van der Waals surface area contributed by atoms with Gasteiger partial charge in [-0.05, 0) is 57.2 Å². The second-order valence-electron chi connectivity index (χ2n) is 10.6. The SMILES string of the molecule is CCCCC1(CCCC)CSc2cc(O/C=C/C(=O)OC(C)(C)C)c(F)cc2N(c2ccccc2)C1. The number of rotatable bonds is 10. The largest absolute Gasteiger partial charge is 0.462 e. The van der Waals surface area contributed by atoms with Crippen molar-refractivity contribution in [3.63, 3.8) is 0 Å². The number of benzene rings is 2. The number of fused-ring (bicyclic) bond motifs is 1. The highest BCUT2D eigenvalue weighted by atomic mass is 32.2.